The van der Waals surface area contributed by atoms with Crippen LogP contribution in [0.5, 0.6) is 0 Å². The highest BCUT2D eigenvalue weighted by Gasteiger charge is 2.29. The smallest absolute Gasteiger partial charge is 0.163 e. The van der Waals surface area contributed by atoms with E-state index in [9.17, 15) is 13.3 Å². The van der Waals surface area contributed by atoms with E-state index in [4.69, 9.17) is 0 Å². The van der Waals surface area contributed by atoms with Gasteiger partial charge in [-0.15, -0.1) is 4.72 Å². The van der Waals surface area contributed by atoms with Gasteiger partial charge in [-0.1, -0.05) is 12.1 Å². The van der Waals surface area contributed by atoms with Crippen molar-refractivity contribution in [3.63, 3.8) is 0 Å². The summed E-state index contributed by atoms with van der Waals surface area (Å²) in [5.74, 6) is -1.78. The van der Waals surface area contributed by atoms with Gasteiger partial charge < -0.3 is 4.55 Å². The molecule has 0 saturated heterocycles. The van der Waals surface area contributed by atoms with Gasteiger partial charge in [-0.05, 0) is 33.8 Å². The summed E-state index contributed by atoms with van der Waals surface area (Å²) in [5, 5.41) is 0. The molecule has 17 heavy (non-hydrogen) atoms. The topological polar surface area (TPSA) is 35.1 Å². The molecular weight excluding hydrogens is 244 g/mol. The molecule has 0 heterocycles. The lowest BCUT2D eigenvalue weighted by atomic mass is 10.1. The van der Waals surface area contributed by atoms with Gasteiger partial charge in [0, 0.05) is 16.9 Å². The van der Waals surface area contributed by atoms with Crippen molar-refractivity contribution in [3.05, 3.63) is 35.4 Å². The lowest BCUT2D eigenvalue weighted by Crippen LogP contribution is -2.40. The normalized spacial score (nSPS) is 15.7. The Balaban J connectivity index is 2.84. The molecule has 1 aromatic rings. The molecule has 0 bridgehead atoms. The summed E-state index contributed by atoms with van der Waals surface area (Å²) in [7, 11) is 0. The van der Waals surface area contributed by atoms with Crippen molar-refractivity contribution in [1.29, 1.82) is 0 Å². The Labute approximate surface area is 104 Å². The molecule has 2 atom stereocenters. The van der Waals surface area contributed by atoms with E-state index in [1.54, 1.807) is 6.92 Å². The minimum absolute atomic E-state index is 0.183. The van der Waals surface area contributed by atoms with Crippen LogP contribution in [0, 0.1) is 11.6 Å². The highest BCUT2D eigenvalue weighted by atomic mass is 32.2. The van der Waals surface area contributed by atoms with E-state index in [2.05, 4.69) is 4.72 Å². The van der Waals surface area contributed by atoms with E-state index < -0.39 is 33.8 Å². The van der Waals surface area contributed by atoms with Crippen LogP contribution in [0.2, 0.25) is 0 Å². The van der Waals surface area contributed by atoms with Crippen molar-refractivity contribution in [1.82, 2.24) is 4.72 Å². The summed E-state index contributed by atoms with van der Waals surface area (Å²) in [6, 6.07) is 3.47. The average molecular weight is 261 g/mol. The van der Waals surface area contributed by atoms with Crippen molar-refractivity contribution in [2.45, 2.75) is 38.5 Å². The Kier molecular flexibility index (Phi) is 4.52. The zero-order valence-electron chi connectivity index (χ0n) is 10.4. The molecule has 5 heteroatoms. The number of nitrogens with one attached hydrogen (secondary N) is 1. The van der Waals surface area contributed by atoms with Gasteiger partial charge in [0.05, 0.1) is 6.04 Å². The maximum atomic E-state index is 13.5. The van der Waals surface area contributed by atoms with Gasteiger partial charge in [-0.2, -0.15) is 0 Å². The van der Waals surface area contributed by atoms with Gasteiger partial charge in [0.15, 0.2) is 11.6 Å². The summed E-state index contributed by atoms with van der Waals surface area (Å²) in [6.45, 7) is 7.09. The molecule has 0 spiro atoms. The summed E-state index contributed by atoms with van der Waals surface area (Å²) in [5.41, 5.74) is 0.183. The predicted molar refractivity (Wildman–Crippen MR) is 65.8 cm³/mol. The highest BCUT2D eigenvalue weighted by Crippen LogP contribution is 2.22. The maximum Gasteiger partial charge on any atom is 0.163 e. The van der Waals surface area contributed by atoms with Gasteiger partial charge in [0.2, 0.25) is 0 Å². The second kappa shape index (κ2) is 5.33. The Hall–Kier alpha value is -0.650. The molecule has 1 N–H and O–H groups in total. The Morgan fingerprint density at radius 2 is 1.88 bits per heavy atom. The first-order chi connectivity index (χ1) is 7.73. The molecule has 0 aliphatic carbocycles. The predicted octanol–water partition coefficient (Wildman–Crippen LogP) is 3.08. The maximum absolute atomic E-state index is 13.5. The van der Waals surface area contributed by atoms with E-state index in [1.807, 2.05) is 20.8 Å². The molecule has 0 amide bonds. The Bertz CT molecular complexity index is 393. The van der Waals surface area contributed by atoms with E-state index in [-0.39, 0.29) is 5.56 Å². The summed E-state index contributed by atoms with van der Waals surface area (Å²) >= 11 is -1.32. The molecular formula is C12H17F2NOS. The number of benzene rings is 1. The standard InChI is InChI=1S/C12H17F2NOS/c1-8(15-17(16)12(2,3)4)9-6-5-7-10(13)11(9)14/h5-8,15H,1-4H3. The molecule has 96 valence electrons. The van der Waals surface area contributed by atoms with Crippen LogP contribution in [0.1, 0.15) is 39.3 Å². The second-order valence-corrected chi connectivity index (χ2v) is 6.86. The van der Waals surface area contributed by atoms with Crippen LogP contribution >= 0.6 is 0 Å². The zero-order valence-corrected chi connectivity index (χ0v) is 11.2. The Morgan fingerprint density at radius 1 is 1.29 bits per heavy atom. The van der Waals surface area contributed by atoms with Crippen LogP contribution in [-0.4, -0.2) is 9.30 Å². The zero-order chi connectivity index (χ0) is 13.2. The fraction of sp³-hybridized carbons (Fsp3) is 0.500. The first kappa shape index (κ1) is 14.4. The summed E-state index contributed by atoms with van der Waals surface area (Å²) in [4.78, 5) is 0. The van der Waals surface area contributed by atoms with E-state index in [1.165, 1.54) is 12.1 Å². The third-order valence-electron chi connectivity index (χ3n) is 2.29. The quantitative estimate of drug-likeness (QED) is 0.849. The minimum atomic E-state index is -1.32. The first-order valence-electron chi connectivity index (χ1n) is 5.35. The number of rotatable bonds is 3. The van der Waals surface area contributed by atoms with Crippen molar-refractivity contribution in [3.8, 4) is 0 Å². The molecule has 0 radical (unpaired) electrons. The molecule has 0 saturated carbocycles. The number of hydrogen-bond donors (Lipinski definition) is 1. The SMILES string of the molecule is CC(N[S+]([O-])C(C)(C)C)c1cccc(F)c1F. The van der Waals surface area contributed by atoms with Gasteiger partial charge >= 0.3 is 0 Å². The van der Waals surface area contributed by atoms with E-state index in [0.717, 1.165) is 6.07 Å². The van der Waals surface area contributed by atoms with E-state index in [0.29, 0.717) is 0 Å². The summed E-state index contributed by atoms with van der Waals surface area (Å²) in [6.07, 6.45) is 0. The molecule has 2 unspecified atom stereocenters. The van der Waals surface area contributed by atoms with Crippen molar-refractivity contribution < 1.29 is 13.3 Å². The van der Waals surface area contributed by atoms with Gasteiger partial charge in [0.1, 0.15) is 4.75 Å². The van der Waals surface area contributed by atoms with Crippen molar-refractivity contribution >= 4 is 11.4 Å². The molecule has 2 nitrogen and oxygen atoms in total. The fourth-order valence-electron chi connectivity index (χ4n) is 1.26. The number of halogens is 2. The van der Waals surface area contributed by atoms with Gasteiger partial charge in [-0.3, -0.25) is 0 Å². The monoisotopic (exact) mass is 261 g/mol. The van der Waals surface area contributed by atoms with Crippen LogP contribution in [0.25, 0.3) is 0 Å². The third-order valence-corrected chi connectivity index (χ3v) is 3.97. The van der Waals surface area contributed by atoms with Crippen LogP contribution < -0.4 is 4.72 Å². The van der Waals surface area contributed by atoms with Crippen molar-refractivity contribution in [2.24, 2.45) is 0 Å². The molecule has 1 rings (SSSR count). The number of hydrogen-bond acceptors (Lipinski definition) is 2. The second-order valence-electron chi connectivity index (χ2n) is 4.86. The lowest BCUT2D eigenvalue weighted by Gasteiger charge is -2.26. The highest BCUT2D eigenvalue weighted by molar-refractivity contribution is 7.90. The summed E-state index contributed by atoms with van der Waals surface area (Å²) < 4.78 is 40.7. The van der Waals surface area contributed by atoms with Crippen LogP contribution in [0.3, 0.4) is 0 Å². The molecule has 0 aromatic heterocycles. The molecule has 1 aromatic carbocycles. The van der Waals surface area contributed by atoms with Crippen LogP contribution in [0.4, 0.5) is 8.78 Å². The molecule has 0 aliphatic rings. The lowest BCUT2D eigenvalue weighted by molar-refractivity contribution is 0.482. The molecule has 0 aliphatic heterocycles. The van der Waals surface area contributed by atoms with Gasteiger partial charge in [0.25, 0.3) is 0 Å². The third kappa shape index (κ3) is 3.66. The Morgan fingerprint density at radius 3 is 2.41 bits per heavy atom. The van der Waals surface area contributed by atoms with Crippen LogP contribution in [-0.2, 0) is 11.4 Å². The van der Waals surface area contributed by atoms with Gasteiger partial charge in [-0.25, -0.2) is 8.78 Å². The average Bonchev–Trinajstić information content (AvgIpc) is 2.20. The van der Waals surface area contributed by atoms with Crippen molar-refractivity contribution in [2.75, 3.05) is 0 Å². The molecule has 0 fully saturated rings. The van der Waals surface area contributed by atoms with Crippen LogP contribution in [0.15, 0.2) is 18.2 Å². The minimum Gasteiger partial charge on any atom is -0.598 e. The first-order valence-corrected chi connectivity index (χ1v) is 6.50. The van der Waals surface area contributed by atoms with E-state index >= 15 is 0 Å². The largest absolute Gasteiger partial charge is 0.598 e. The fourth-order valence-corrected chi connectivity index (χ4v) is 2.06.